The molecule has 1 aromatic rings. The summed E-state index contributed by atoms with van der Waals surface area (Å²) in [7, 11) is -3.58. The number of carboxylic acid groups (broad SMARTS) is 1. The fourth-order valence-corrected chi connectivity index (χ4v) is 2.38. The Morgan fingerprint density at radius 1 is 1.33 bits per heavy atom. The Bertz CT molecular complexity index is 500. The van der Waals surface area contributed by atoms with Gasteiger partial charge in [0.1, 0.15) is 6.61 Å². The summed E-state index contributed by atoms with van der Waals surface area (Å²) in [4.78, 5) is 10.3. The van der Waals surface area contributed by atoms with E-state index >= 15 is 0 Å². The van der Waals surface area contributed by atoms with Crippen LogP contribution in [0.25, 0.3) is 0 Å². The Balaban J connectivity index is 2.45. The number of hydrogen-bond acceptors (Lipinski definition) is 4. The predicted octanol–water partition coefficient (Wildman–Crippen LogP) is 0.829. The van der Waals surface area contributed by atoms with Crippen LogP contribution in [0.4, 0.5) is 0 Å². The third-order valence-electron chi connectivity index (χ3n) is 1.89. The van der Waals surface area contributed by atoms with Crippen LogP contribution in [0.2, 0.25) is 0 Å². The van der Waals surface area contributed by atoms with Crippen molar-refractivity contribution >= 4 is 31.9 Å². The molecular formula is C10H12BrNO5S. The van der Waals surface area contributed by atoms with Gasteiger partial charge in [-0.1, -0.05) is 15.9 Å². The summed E-state index contributed by atoms with van der Waals surface area (Å²) in [6, 6.07) is 6.17. The fourth-order valence-electron chi connectivity index (χ4n) is 1.10. The predicted molar refractivity (Wildman–Crippen MR) is 67.8 cm³/mol. The standard InChI is InChI=1S/C10H12BrNO5S/c11-8-1-3-9(4-2-8)18(15,16)12-5-6-17-7-10(13)14/h1-4,12H,5-7H2,(H,13,14). The molecule has 1 rings (SSSR count). The first-order chi connectivity index (χ1) is 8.42. The van der Waals surface area contributed by atoms with Gasteiger partial charge in [-0.3, -0.25) is 0 Å². The highest BCUT2D eigenvalue weighted by Gasteiger charge is 2.12. The van der Waals surface area contributed by atoms with Crippen molar-refractivity contribution in [3.8, 4) is 0 Å². The maximum absolute atomic E-state index is 11.7. The lowest BCUT2D eigenvalue weighted by molar-refractivity contribution is -0.142. The van der Waals surface area contributed by atoms with Gasteiger partial charge in [0.05, 0.1) is 11.5 Å². The summed E-state index contributed by atoms with van der Waals surface area (Å²) in [5, 5.41) is 8.31. The molecule has 0 bridgehead atoms. The van der Waals surface area contributed by atoms with Crippen LogP contribution in [-0.4, -0.2) is 39.3 Å². The van der Waals surface area contributed by atoms with E-state index in [1.807, 2.05) is 0 Å². The molecule has 0 saturated carbocycles. The molecule has 18 heavy (non-hydrogen) atoms. The summed E-state index contributed by atoms with van der Waals surface area (Å²) in [5.41, 5.74) is 0. The minimum absolute atomic E-state index is 0.00204. The third kappa shape index (κ3) is 5.13. The van der Waals surface area contributed by atoms with Crippen molar-refractivity contribution in [1.29, 1.82) is 0 Å². The van der Waals surface area contributed by atoms with Gasteiger partial charge >= 0.3 is 5.97 Å². The lowest BCUT2D eigenvalue weighted by Gasteiger charge is -2.06. The first-order valence-corrected chi connectivity index (χ1v) is 7.24. The summed E-state index contributed by atoms with van der Waals surface area (Å²) >= 11 is 3.21. The number of aliphatic carboxylic acids is 1. The molecule has 0 spiro atoms. The normalized spacial score (nSPS) is 11.4. The van der Waals surface area contributed by atoms with Gasteiger partial charge in [0.25, 0.3) is 0 Å². The molecule has 0 aliphatic carbocycles. The highest BCUT2D eigenvalue weighted by atomic mass is 79.9. The quantitative estimate of drug-likeness (QED) is 0.719. The van der Waals surface area contributed by atoms with Gasteiger partial charge in [-0.15, -0.1) is 0 Å². The molecule has 0 unspecified atom stereocenters. The van der Waals surface area contributed by atoms with Gasteiger partial charge in [-0.25, -0.2) is 17.9 Å². The molecule has 100 valence electrons. The number of halogens is 1. The lowest BCUT2D eigenvalue weighted by Crippen LogP contribution is -2.28. The number of ether oxygens (including phenoxy) is 1. The third-order valence-corrected chi connectivity index (χ3v) is 3.89. The molecule has 0 aliphatic rings. The van der Waals surface area contributed by atoms with E-state index in [1.54, 1.807) is 12.1 Å². The van der Waals surface area contributed by atoms with Crippen LogP contribution in [0.15, 0.2) is 33.6 Å². The Morgan fingerprint density at radius 2 is 1.94 bits per heavy atom. The van der Waals surface area contributed by atoms with Crippen molar-refractivity contribution in [2.24, 2.45) is 0 Å². The second kappa shape index (κ2) is 6.83. The maximum atomic E-state index is 11.7. The number of nitrogens with one attached hydrogen (secondary N) is 1. The first kappa shape index (κ1) is 15.1. The van der Waals surface area contributed by atoms with Gasteiger partial charge in [-0.05, 0) is 24.3 Å². The van der Waals surface area contributed by atoms with Crippen LogP contribution in [0.1, 0.15) is 0 Å². The highest BCUT2D eigenvalue weighted by Crippen LogP contribution is 2.14. The summed E-state index contributed by atoms with van der Waals surface area (Å²) in [6.07, 6.45) is 0. The molecule has 0 atom stereocenters. The largest absolute Gasteiger partial charge is 0.480 e. The minimum Gasteiger partial charge on any atom is -0.480 e. The number of benzene rings is 1. The Labute approximate surface area is 113 Å². The van der Waals surface area contributed by atoms with E-state index in [0.29, 0.717) is 0 Å². The Hall–Kier alpha value is -0.960. The van der Waals surface area contributed by atoms with Gasteiger partial charge in [-0.2, -0.15) is 0 Å². The molecular weight excluding hydrogens is 326 g/mol. The van der Waals surface area contributed by atoms with Crippen LogP contribution in [0, 0.1) is 0 Å². The van der Waals surface area contributed by atoms with E-state index in [-0.39, 0.29) is 18.0 Å². The number of carboxylic acids is 1. The first-order valence-electron chi connectivity index (χ1n) is 4.96. The average Bonchev–Trinajstić information content (AvgIpc) is 2.28. The van der Waals surface area contributed by atoms with E-state index in [2.05, 4.69) is 20.7 Å². The Morgan fingerprint density at radius 3 is 2.50 bits per heavy atom. The Kier molecular flexibility index (Phi) is 5.73. The van der Waals surface area contributed by atoms with Gasteiger partial charge in [0, 0.05) is 11.0 Å². The van der Waals surface area contributed by atoms with E-state index in [1.165, 1.54) is 12.1 Å². The zero-order valence-corrected chi connectivity index (χ0v) is 11.7. The van der Waals surface area contributed by atoms with Crippen molar-refractivity contribution in [1.82, 2.24) is 4.72 Å². The van der Waals surface area contributed by atoms with Gasteiger partial charge in [0.15, 0.2) is 0 Å². The maximum Gasteiger partial charge on any atom is 0.329 e. The molecule has 0 saturated heterocycles. The minimum atomic E-state index is -3.58. The zero-order chi connectivity index (χ0) is 13.6. The second-order valence-corrected chi connectivity index (χ2v) is 5.98. The van der Waals surface area contributed by atoms with Crippen molar-refractivity contribution in [2.75, 3.05) is 19.8 Å². The van der Waals surface area contributed by atoms with Crippen molar-refractivity contribution < 1.29 is 23.1 Å². The molecule has 0 fully saturated rings. The SMILES string of the molecule is O=C(O)COCCNS(=O)(=O)c1ccc(Br)cc1. The van der Waals surface area contributed by atoms with Crippen molar-refractivity contribution in [2.45, 2.75) is 4.90 Å². The second-order valence-electron chi connectivity index (χ2n) is 3.30. The number of hydrogen-bond donors (Lipinski definition) is 2. The summed E-state index contributed by atoms with van der Waals surface area (Å²) in [5.74, 6) is -1.09. The molecule has 8 heteroatoms. The highest BCUT2D eigenvalue weighted by molar-refractivity contribution is 9.10. The molecule has 0 radical (unpaired) electrons. The van der Waals surface area contributed by atoms with Crippen LogP contribution in [0.5, 0.6) is 0 Å². The number of rotatable bonds is 7. The van der Waals surface area contributed by atoms with Crippen LogP contribution in [0.3, 0.4) is 0 Å². The van der Waals surface area contributed by atoms with E-state index in [4.69, 9.17) is 9.84 Å². The molecule has 0 aliphatic heterocycles. The van der Waals surface area contributed by atoms with Crippen LogP contribution < -0.4 is 4.72 Å². The number of sulfonamides is 1. The molecule has 0 aromatic heterocycles. The topological polar surface area (TPSA) is 92.7 Å². The van der Waals surface area contributed by atoms with Gasteiger partial charge < -0.3 is 9.84 Å². The van der Waals surface area contributed by atoms with Crippen LogP contribution in [-0.2, 0) is 19.6 Å². The average molecular weight is 338 g/mol. The number of carbonyl (C=O) groups is 1. The molecule has 2 N–H and O–H groups in total. The van der Waals surface area contributed by atoms with E-state index < -0.39 is 22.6 Å². The van der Waals surface area contributed by atoms with Crippen molar-refractivity contribution in [3.63, 3.8) is 0 Å². The van der Waals surface area contributed by atoms with E-state index in [0.717, 1.165) is 4.47 Å². The van der Waals surface area contributed by atoms with Crippen LogP contribution >= 0.6 is 15.9 Å². The molecule has 0 amide bonds. The molecule has 1 aromatic carbocycles. The van der Waals surface area contributed by atoms with Crippen molar-refractivity contribution in [3.05, 3.63) is 28.7 Å². The summed E-state index contributed by atoms with van der Waals surface area (Å²) in [6.45, 7) is -0.423. The monoisotopic (exact) mass is 337 g/mol. The smallest absolute Gasteiger partial charge is 0.329 e. The zero-order valence-electron chi connectivity index (χ0n) is 9.30. The lowest BCUT2D eigenvalue weighted by atomic mass is 10.4. The molecule has 0 heterocycles. The molecule has 6 nitrogen and oxygen atoms in total. The van der Waals surface area contributed by atoms with E-state index in [9.17, 15) is 13.2 Å². The summed E-state index contributed by atoms with van der Waals surface area (Å²) < 4.78 is 31.3. The fraction of sp³-hybridized carbons (Fsp3) is 0.300. The van der Waals surface area contributed by atoms with Gasteiger partial charge in [0.2, 0.25) is 10.0 Å².